The molecule has 3 fully saturated rings. The van der Waals surface area contributed by atoms with E-state index in [2.05, 4.69) is 0 Å². The summed E-state index contributed by atoms with van der Waals surface area (Å²) in [6.07, 6.45) is 6.63. The normalized spacial score (nSPS) is 49.6. The van der Waals surface area contributed by atoms with Crippen LogP contribution >= 0.6 is 0 Å². The Balaban J connectivity index is 1.59. The second kappa shape index (κ2) is 7.14. The van der Waals surface area contributed by atoms with Gasteiger partial charge in [0.1, 0.15) is 6.10 Å². The molecule has 2 aliphatic carbocycles. The molecule has 3 N–H and O–H groups in total. The summed E-state index contributed by atoms with van der Waals surface area (Å²) in [5.74, 6) is 0.923. The predicted octanol–water partition coefficient (Wildman–Crippen LogP) is 1.01. The van der Waals surface area contributed by atoms with Crippen LogP contribution in [0.3, 0.4) is 0 Å². The Kier molecular flexibility index (Phi) is 5.40. The molecule has 1 saturated heterocycles. The lowest BCUT2D eigenvalue weighted by molar-refractivity contribution is -0.282. The average molecular weight is 315 g/mol. The van der Waals surface area contributed by atoms with E-state index in [9.17, 15) is 10.2 Å². The van der Waals surface area contributed by atoms with Gasteiger partial charge in [0.25, 0.3) is 0 Å². The van der Waals surface area contributed by atoms with Crippen LogP contribution in [0.25, 0.3) is 0 Å². The molecule has 2 saturated carbocycles. The summed E-state index contributed by atoms with van der Waals surface area (Å²) >= 11 is 0. The SMILES string of the molecule is COC1CCC(C2CCC3C(CC(O)C(O)C3OC)[OH+]2)CC1. The van der Waals surface area contributed by atoms with Crippen LogP contribution in [0.2, 0.25) is 0 Å². The molecule has 3 rings (SSSR count). The Morgan fingerprint density at radius 2 is 1.59 bits per heavy atom. The van der Waals surface area contributed by atoms with Gasteiger partial charge >= 0.3 is 0 Å². The van der Waals surface area contributed by atoms with Crippen molar-refractivity contribution in [2.75, 3.05) is 14.2 Å². The third kappa shape index (κ3) is 3.20. The largest absolute Gasteiger partial charge is 0.429 e. The number of fused-ring (bicyclic) bond motifs is 1. The van der Waals surface area contributed by atoms with E-state index >= 15 is 0 Å². The standard InChI is InChI=1S/C17H30O5/c1-20-11-5-3-10(4-6-11)14-8-7-12-15(22-14)9-13(18)16(19)17(12)21-2/h10-19H,3-9H2,1-2H3/p+1. The van der Waals surface area contributed by atoms with E-state index in [1.54, 1.807) is 14.2 Å². The molecular weight excluding hydrogens is 284 g/mol. The lowest BCUT2D eigenvalue weighted by atomic mass is 9.73. The molecule has 0 amide bonds. The number of aliphatic hydroxyl groups excluding tert-OH is 2. The molecule has 3 aliphatic rings. The van der Waals surface area contributed by atoms with Gasteiger partial charge in [-0.25, -0.2) is 0 Å². The molecule has 0 aromatic carbocycles. The molecule has 5 nitrogen and oxygen atoms in total. The maximum atomic E-state index is 10.1. The molecule has 0 aromatic rings. The second-order valence-electron chi connectivity index (χ2n) is 7.29. The molecule has 0 aromatic heterocycles. The van der Waals surface area contributed by atoms with Crippen LogP contribution in [0.4, 0.5) is 0 Å². The summed E-state index contributed by atoms with van der Waals surface area (Å²) < 4.78 is 16.0. The fourth-order valence-electron chi connectivity index (χ4n) is 4.85. The molecule has 6 atom stereocenters. The summed E-state index contributed by atoms with van der Waals surface area (Å²) in [4.78, 5) is 0. The number of hydrogen-bond acceptors (Lipinski definition) is 4. The third-order valence-corrected chi connectivity index (χ3v) is 6.18. The lowest BCUT2D eigenvalue weighted by Gasteiger charge is -2.45. The van der Waals surface area contributed by atoms with E-state index in [-0.39, 0.29) is 18.1 Å². The summed E-state index contributed by atoms with van der Waals surface area (Å²) in [6, 6.07) is 0. The quantitative estimate of drug-likeness (QED) is 0.763. The van der Waals surface area contributed by atoms with Crippen LogP contribution < -0.4 is 0 Å². The number of hydrogen-bond donors (Lipinski definition) is 2. The van der Waals surface area contributed by atoms with Crippen LogP contribution in [-0.2, 0) is 9.47 Å². The van der Waals surface area contributed by atoms with Gasteiger partial charge in [0.05, 0.1) is 24.2 Å². The van der Waals surface area contributed by atoms with Crippen molar-refractivity contribution in [3.8, 4) is 0 Å². The zero-order chi connectivity index (χ0) is 15.7. The van der Waals surface area contributed by atoms with Crippen molar-refractivity contribution in [1.82, 2.24) is 0 Å². The molecule has 128 valence electrons. The first kappa shape index (κ1) is 16.7. The summed E-state index contributed by atoms with van der Waals surface area (Å²) in [6.45, 7) is 0. The first-order chi connectivity index (χ1) is 10.6. The van der Waals surface area contributed by atoms with Gasteiger partial charge in [0.15, 0.2) is 12.2 Å². The maximum Gasteiger partial charge on any atom is 0.163 e. The highest BCUT2D eigenvalue weighted by molar-refractivity contribution is 4.97. The molecule has 22 heavy (non-hydrogen) atoms. The van der Waals surface area contributed by atoms with Crippen molar-refractivity contribution in [1.29, 1.82) is 0 Å². The van der Waals surface area contributed by atoms with Crippen LogP contribution in [-0.4, -0.2) is 65.8 Å². The molecule has 1 heterocycles. The average Bonchev–Trinajstić information content (AvgIpc) is 2.56. The minimum Gasteiger partial charge on any atom is -0.429 e. The first-order valence-corrected chi connectivity index (χ1v) is 8.75. The van der Waals surface area contributed by atoms with E-state index in [4.69, 9.17) is 14.2 Å². The number of methoxy groups -OCH3 is 2. The van der Waals surface area contributed by atoms with Crippen molar-refractivity contribution in [2.24, 2.45) is 11.8 Å². The summed E-state index contributed by atoms with van der Waals surface area (Å²) in [5.41, 5.74) is 0. The predicted molar refractivity (Wildman–Crippen MR) is 82.7 cm³/mol. The monoisotopic (exact) mass is 315 g/mol. The van der Waals surface area contributed by atoms with Crippen LogP contribution in [0.1, 0.15) is 44.9 Å². The highest BCUT2D eigenvalue weighted by Crippen LogP contribution is 2.40. The van der Waals surface area contributed by atoms with Gasteiger partial charge in [0, 0.05) is 33.0 Å². The second-order valence-corrected chi connectivity index (χ2v) is 7.29. The van der Waals surface area contributed by atoms with Crippen molar-refractivity contribution >= 4 is 0 Å². The van der Waals surface area contributed by atoms with Gasteiger partial charge in [-0.2, -0.15) is 0 Å². The highest BCUT2D eigenvalue weighted by atomic mass is 16.5. The van der Waals surface area contributed by atoms with Crippen LogP contribution in [0, 0.1) is 11.8 Å². The number of rotatable bonds is 3. The summed E-state index contributed by atoms with van der Waals surface area (Å²) in [7, 11) is 3.43. The Hall–Kier alpha value is -0.200. The van der Waals surface area contributed by atoms with E-state index in [0.717, 1.165) is 25.7 Å². The van der Waals surface area contributed by atoms with Gasteiger partial charge in [-0.05, 0) is 32.1 Å². The van der Waals surface area contributed by atoms with Gasteiger partial charge in [-0.15, -0.1) is 0 Å². The van der Waals surface area contributed by atoms with E-state index in [1.807, 2.05) is 0 Å². The van der Waals surface area contributed by atoms with Crippen LogP contribution in [0.5, 0.6) is 0 Å². The fraction of sp³-hybridized carbons (Fsp3) is 1.00. The molecule has 6 unspecified atom stereocenters. The Morgan fingerprint density at radius 1 is 0.864 bits per heavy atom. The lowest BCUT2D eigenvalue weighted by Crippen LogP contribution is -2.58. The molecule has 0 radical (unpaired) electrons. The molecule has 0 bridgehead atoms. The highest BCUT2D eigenvalue weighted by Gasteiger charge is 2.51. The van der Waals surface area contributed by atoms with Crippen molar-refractivity contribution in [3.05, 3.63) is 0 Å². The van der Waals surface area contributed by atoms with Gasteiger partial charge in [0.2, 0.25) is 0 Å². The van der Waals surface area contributed by atoms with Gasteiger partial charge in [-0.1, -0.05) is 0 Å². The maximum absolute atomic E-state index is 10.1. The van der Waals surface area contributed by atoms with E-state index < -0.39 is 12.2 Å². The smallest absolute Gasteiger partial charge is 0.163 e. The molecular formula is C17H31O5+. The van der Waals surface area contributed by atoms with Crippen molar-refractivity contribution in [2.45, 2.75) is 81.6 Å². The molecule has 5 heteroatoms. The fourth-order valence-corrected chi connectivity index (χ4v) is 4.85. The van der Waals surface area contributed by atoms with Gasteiger partial charge < -0.3 is 24.4 Å². The topological polar surface area (TPSA) is 71.7 Å². The minimum atomic E-state index is -0.768. The van der Waals surface area contributed by atoms with Crippen LogP contribution in [0.15, 0.2) is 0 Å². The zero-order valence-electron chi connectivity index (χ0n) is 13.7. The zero-order valence-corrected chi connectivity index (χ0v) is 13.7. The number of aliphatic hydroxyl groups is 4. The van der Waals surface area contributed by atoms with Crippen molar-refractivity contribution < 1.29 is 24.4 Å². The summed E-state index contributed by atoms with van der Waals surface area (Å²) in [5, 5.41) is 20.2. The van der Waals surface area contributed by atoms with E-state index in [1.165, 1.54) is 12.8 Å². The molecule has 1 aliphatic heterocycles. The third-order valence-electron chi connectivity index (χ3n) is 6.18. The van der Waals surface area contributed by atoms with Gasteiger partial charge in [-0.3, -0.25) is 0 Å². The Labute approximate surface area is 132 Å². The van der Waals surface area contributed by atoms with Crippen molar-refractivity contribution in [3.63, 3.8) is 0 Å². The Bertz CT molecular complexity index is 355. The molecule has 0 spiro atoms. The minimum absolute atomic E-state index is 0.141. The van der Waals surface area contributed by atoms with E-state index in [0.29, 0.717) is 24.5 Å². The number of ether oxygens (including phenoxy) is 3. The first-order valence-electron chi connectivity index (χ1n) is 8.75. The Morgan fingerprint density at radius 3 is 2.23 bits per heavy atom.